The van der Waals surface area contributed by atoms with E-state index in [4.69, 9.17) is 13.6 Å². The third-order valence-corrected chi connectivity index (χ3v) is 6.69. The highest BCUT2D eigenvalue weighted by molar-refractivity contribution is 7.89. The summed E-state index contributed by atoms with van der Waals surface area (Å²) in [5.74, 6) is -0.821. The lowest BCUT2D eigenvalue weighted by molar-refractivity contribution is 0.0488. The summed E-state index contributed by atoms with van der Waals surface area (Å²) >= 11 is 0. The molecule has 0 N–H and O–H groups in total. The van der Waals surface area contributed by atoms with Crippen LogP contribution in [0.25, 0.3) is 11.1 Å². The number of furan rings is 1. The summed E-state index contributed by atoms with van der Waals surface area (Å²) in [6, 6.07) is 7.42. The second-order valence-electron chi connectivity index (χ2n) is 6.68. The quantitative estimate of drug-likeness (QED) is 0.562. The van der Waals surface area contributed by atoms with Crippen LogP contribution in [0.3, 0.4) is 0 Å². The lowest BCUT2D eigenvalue weighted by Crippen LogP contribution is -2.27. The van der Waals surface area contributed by atoms with Gasteiger partial charge in [0, 0.05) is 19.2 Å². The Balaban J connectivity index is 1.64. The molecule has 1 saturated heterocycles. The molecule has 1 aliphatic rings. The van der Waals surface area contributed by atoms with Crippen molar-refractivity contribution in [3.8, 4) is 0 Å². The molecule has 154 valence electrons. The van der Waals surface area contributed by atoms with Crippen molar-refractivity contribution in [1.29, 1.82) is 0 Å². The summed E-state index contributed by atoms with van der Waals surface area (Å²) < 4.78 is 43.8. The van der Waals surface area contributed by atoms with E-state index in [1.165, 1.54) is 27.1 Å². The van der Waals surface area contributed by atoms with Crippen LogP contribution in [0.15, 0.2) is 48.9 Å². The second-order valence-corrected chi connectivity index (χ2v) is 8.62. The van der Waals surface area contributed by atoms with Crippen LogP contribution < -0.4 is 5.76 Å². The molecule has 3 aromatic rings. The van der Waals surface area contributed by atoms with E-state index >= 15 is 0 Å². The summed E-state index contributed by atoms with van der Waals surface area (Å²) in [4.78, 5) is 24.1. The maximum Gasteiger partial charge on any atom is 0.420 e. The van der Waals surface area contributed by atoms with Crippen molar-refractivity contribution >= 4 is 27.1 Å². The highest BCUT2D eigenvalue weighted by atomic mass is 32.2. The normalized spacial score (nSPS) is 15.2. The molecule has 9 nitrogen and oxygen atoms in total. The van der Waals surface area contributed by atoms with Gasteiger partial charge in [-0.2, -0.15) is 4.31 Å². The first-order valence-corrected chi connectivity index (χ1v) is 10.7. The molecule has 0 amide bonds. The van der Waals surface area contributed by atoms with Crippen molar-refractivity contribution < 1.29 is 26.8 Å². The molecule has 0 aliphatic carbocycles. The Morgan fingerprint density at radius 2 is 1.90 bits per heavy atom. The standard InChI is InChI=1S/C19H20N2O7S/c1-2-26-18(22)16-8-5-13(27-16)12-21-15-7-6-14(11-17(15)28-19(21)23)29(24,25)20-9-3-4-10-20/h5-8,11H,2-4,9-10,12H2,1H3. The van der Waals surface area contributed by atoms with Crippen molar-refractivity contribution in [1.82, 2.24) is 8.87 Å². The maximum atomic E-state index is 12.7. The summed E-state index contributed by atoms with van der Waals surface area (Å²) in [7, 11) is -3.61. The zero-order chi connectivity index (χ0) is 20.6. The van der Waals surface area contributed by atoms with Crippen LogP contribution in [0, 0.1) is 0 Å². The minimum Gasteiger partial charge on any atom is -0.460 e. The number of esters is 1. The maximum absolute atomic E-state index is 12.7. The molecule has 0 saturated carbocycles. The molecule has 0 bridgehead atoms. The highest BCUT2D eigenvalue weighted by Crippen LogP contribution is 2.25. The second kappa shape index (κ2) is 7.53. The van der Waals surface area contributed by atoms with Gasteiger partial charge in [-0.05, 0) is 44.0 Å². The average Bonchev–Trinajstić information content (AvgIpc) is 3.43. The summed E-state index contributed by atoms with van der Waals surface area (Å²) in [5.41, 5.74) is 0.608. The van der Waals surface area contributed by atoms with Crippen LogP contribution in [0.4, 0.5) is 0 Å². The number of rotatable bonds is 6. The molecule has 1 aliphatic heterocycles. The van der Waals surface area contributed by atoms with Gasteiger partial charge in [0.05, 0.1) is 23.6 Å². The predicted octanol–water partition coefficient (Wildman–Crippen LogP) is 2.20. The molecular weight excluding hydrogens is 400 g/mol. The Hall–Kier alpha value is -2.85. The SMILES string of the molecule is CCOC(=O)c1ccc(Cn2c(=O)oc3cc(S(=O)(=O)N4CCCC4)ccc32)o1. The van der Waals surface area contributed by atoms with E-state index in [2.05, 4.69) is 0 Å². The third kappa shape index (κ3) is 3.60. The smallest absolute Gasteiger partial charge is 0.420 e. The minimum absolute atomic E-state index is 0.0312. The van der Waals surface area contributed by atoms with Gasteiger partial charge in [-0.25, -0.2) is 18.0 Å². The van der Waals surface area contributed by atoms with Gasteiger partial charge in [-0.1, -0.05) is 0 Å². The summed E-state index contributed by atoms with van der Waals surface area (Å²) in [5, 5.41) is 0. The molecule has 0 spiro atoms. The van der Waals surface area contributed by atoms with Crippen molar-refractivity contribution in [3.05, 3.63) is 52.4 Å². The first-order chi connectivity index (χ1) is 13.9. The highest BCUT2D eigenvalue weighted by Gasteiger charge is 2.28. The van der Waals surface area contributed by atoms with Crippen LogP contribution >= 0.6 is 0 Å². The molecule has 1 fully saturated rings. The van der Waals surface area contributed by atoms with Crippen molar-refractivity contribution in [2.24, 2.45) is 0 Å². The average molecular weight is 420 g/mol. The van der Waals surface area contributed by atoms with E-state index in [0.717, 1.165) is 12.8 Å². The van der Waals surface area contributed by atoms with Gasteiger partial charge in [0.1, 0.15) is 5.76 Å². The van der Waals surface area contributed by atoms with E-state index in [1.54, 1.807) is 19.1 Å². The number of fused-ring (bicyclic) bond motifs is 1. The number of benzene rings is 1. The molecule has 0 atom stereocenters. The van der Waals surface area contributed by atoms with E-state index in [-0.39, 0.29) is 29.4 Å². The van der Waals surface area contributed by atoms with Gasteiger partial charge in [0.15, 0.2) is 5.58 Å². The van der Waals surface area contributed by atoms with Crippen LogP contribution in [0.5, 0.6) is 0 Å². The monoisotopic (exact) mass is 420 g/mol. The third-order valence-electron chi connectivity index (χ3n) is 4.79. The zero-order valence-electron chi connectivity index (χ0n) is 15.8. The van der Waals surface area contributed by atoms with Gasteiger partial charge in [-0.15, -0.1) is 0 Å². The lowest BCUT2D eigenvalue weighted by atomic mass is 10.3. The molecule has 10 heteroatoms. The number of oxazole rings is 1. The van der Waals surface area contributed by atoms with Gasteiger partial charge in [0.2, 0.25) is 15.8 Å². The first-order valence-electron chi connectivity index (χ1n) is 9.29. The summed E-state index contributed by atoms with van der Waals surface area (Å²) in [6.07, 6.45) is 1.67. The van der Waals surface area contributed by atoms with Gasteiger partial charge in [0.25, 0.3) is 0 Å². The predicted molar refractivity (Wildman–Crippen MR) is 102 cm³/mol. The fourth-order valence-corrected chi connectivity index (χ4v) is 4.90. The van der Waals surface area contributed by atoms with E-state index in [9.17, 15) is 18.0 Å². The Kier molecular flexibility index (Phi) is 5.05. The molecule has 29 heavy (non-hydrogen) atoms. The van der Waals surface area contributed by atoms with Gasteiger partial charge in [-0.3, -0.25) is 4.57 Å². The van der Waals surface area contributed by atoms with Crippen molar-refractivity contribution in [3.63, 3.8) is 0 Å². The molecular formula is C19H20N2O7S. The van der Waals surface area contributed by atoms with Crippen LogP contribution in [-0.2, 0) is 21.3 Å². The Morgan fingerprint density at radius 3 is 2.62 bits per heavy atom. The topological polar surface area (TPSA) is 112 Å². The molecule has 3 heterocycles. The van der Waals surface area contributed by atoms with Crippen LogP contribution in [0.2, 0.25) is 0 Å². The number of nitrogens with zero attached hydrogens (tertiary/aromatic N) is 2. The molecule has 0 radical (unpaired) electrons. The van der Waals surface area contributed by atoms with Gasteiger partial charge < -0.3 is 13.6 Å². The number of aromatic nitrogens is 1. The Labute approximate surface area is 166 Å². The molecule has 1 aromatic carbocycles. The van der Waals surface area contributed by atoms with E-state index in [1.807, 2.05) is 0 Å². The zero-order valence-corrected chi connectivity index (χ0v) is 16.6. The first kappa shape index (κ1) is 19.5. The fourth-order valence-electron chi connectivity index (χ4n) is 3.37. The van der Waals surface area contributed by atoms with Crippen molar-refractivity contribution in [2.45, 2.75) is 31.2 Å². The Morgan fingerprint density at radius 1 is 1.14 bits per heavy atom. The number of carbonyl (C=O) groups excluding carboxylic acids is 1. The largest absolute Gasteiger partial charge is 0.460 e. The molecule has 0 unspecified atom stereocenters. The fraction of sp³-hybridized carbons (Fsp3) is 0.368. The van der Waals surface area contributed by atoms with Gasteiger partial charge >= 0.3 is 11.7 Å². The number of ether oxygens (including phenoxy) is 1. The van der Waals surface area contributed by atoms with Crippen molar-refractivity contribution in [2.75, 3.05) is 19.7 Å². The summed E-state index contributed by atoms with van der Waals surface area (Å²) in [6.45, 7) is 2.93. The number of hydrogen-bond acceptors (Lipinski definition) is 7. The van der Waals surface area contributed by atoms with Crippen LogP contribution in [-0.4, -0.2) is 43.0 Å². The lowest BCUT2D eigenvalue weighted by Gasteiger charge is -2.15. The molecule has 4 rings (SSSR count). The van der Waals surface area contributed by atoms with E-state index < -0.39 is 21.7 Å². The van der Waals surface area contributed by atoms with Crippen LogP contribution in [0.1, 0.15) is 36.1 Å². The number of sulfonamides is 1. The number of carbonyl (C=O) groups is 1. The Bertz CT molecular complexity index is 1210. The number of hydrogen-bond donors (Lipinski definition) is 0. The van der Waals surface area contributed by atoms with E-state index in [0.29, 0.717) is 24.4 Å². The molecule has 2 aromatic heterocycles. The minimum atomic E-state index is -3.61.